The van der Waals surface area contributed by atoms with Crippen LogP contribution in [0.3, 0.4) is 0 Å². The highest BCUT2D eigenvalue weighted by atomic mass is 19.1. The summed E-state index contributed by atoms with van der Waals surface area (Å²) >= 11 is 0. The molecule has 3 rings (SSSR count). The fourth-order valence-corrected chi connectivity index (χ4v) is 3.59. The van der Waals surface area contributed by atoms with Crippen molar-refractivity contribution in [2.75, 3.05) is 14.2 Å². The molecular weight excluding hydrogens is 486 g/mol. The second-order valence-electron chi connectivity index (χ2n) is 8.07. The Morgan fingerprint density at radius 2 is 1.49 bits per heavy atom. The maximum absolute atomic E-state index is 13.5. The average Bonchev–Trinajstić information content (AvgIpc) is 2.86. The number of ether oxygens (including phenoxy) is 2. The zero-order valence-corrected chi connectivity index (χ0v) is 20.6. The minimum Gasteiger partial charge on any atom is -0.493 e. The highest BCUT2D eigenvalue weighted by molar-refractivity contribution is 5.99. The topological polar surface area (TPSA) is 110 Å². The van der Waals surface area contributed by atoms with Crippen LogP contribution in [-0.2, 0) is 9.59 Å². The molecule has 1 aromatic heterocycles. The lowest BCUT2D eigenvalue weighted by molar-refractivity contribution is -0.132. The fourth-order valence-electron chi connectivity index (χ4n) is 3.59. The standard InChI is InChI=1S/C26H26F2N4O5/c1-15(30-26(35)22-24(37-16(2)33)21(36-4)13-14-29-22)25(34)31-32(3)23(17-5-9-19(27)10-6-17)18-7-11-20(28)12-8-18/h5-15,23H,1-4H3,(H,30,35)(H,31,34)/t15-/m0/s1. The van der Waals surface area contributed by atoms with Crippen LogP contribution in [0.25, 0.3) is 0 Å². The van der Waals surface area contributed by atoms with E-state index in [9.17, 15) is 23.2 Å². The van der Waals surface area contributed by atoms with E-state index in [-0.39, 0.29) is 17.2 Å². The van der Waals surface area contributed by atoms with E-state index in [0.717, 1.165) is 0 Å². The second-order valence-corrected chi connectivity index (χ2v) is 8.07. The van der Waals surface area contributed by atoms with Crippen LogP contribution in [0.2, 0.25) is 0 Å². The van der Waals surface area contributed by atoms with E-state index in [2.05, 4.69) is 15.7 Å². The number of nitrogens with one attached hydrogen (secondary N) is 2. The Bertz CT molecular complexity index is 1220. The molecule has 2 aromatic carbocycles. The number of carbonyl (C=O) groups excluding carboxylic acids is 3. The third kappa shape index (κ3) is 6.85. The molecule has 0 aliphatic heterocycles. The molecule has 11 heteroatoms. The molecule has 0 saturated heterocycles. The summed E-state index contributed by atoms with van der Waals surface area (Å²) in [6.07, 6.45) is 1.30. The van der Waals surface area contributed by atoms with E-state index >= 15 is 0 Å². The third-order valence-corrected chi connectivity index (χ3v) is 5.34. The molecule has 194 valence electrons. The maximum Gasteiger partial charge on any atom is 0.308 e. The summed E-state index contributed by atoms with van der Waals surface area (Å²) < 4.78 is 37.3. The van der Waals surface area contributed by atoms with E-state index in [0.29, 0.717) is 11.1 Å². The van der Waals surface area contributed by atoms with Gasteiger partial charge in [-0.25, -0.2) is 18.8 Å². The van der Waals surface area contributed by atoms with Crippen molar-refractivity contribution in [3.05, 3.63) is 89.2 Å². The first-order valence-electron chi connectivity index (χ1n) is 11.2. The van der Waals surface area contributed by atoms with E-state index in [1.54, 1.807) is 31.3 Å². The first-order chi connectivity index (χ1) is 17.6. The number of hydrogen-bond acceptors (Lipinski definition) is 7. The van der Waals surface area contributed by atoms with Gasteiger partial charge in [0.25, 0.3) is 11.8 Å². The minimum absolute atomic E-state index is 0.119. The number of methoxy groups -OCH3 is 1. The van der Waals surface area contributed by atoms with Gasteiger partial charge in [-0.1, -0.05) is 24.3 Å². The van der Waals surface area contributed by atoms with Crippen LogP contribution >= 0.6 is 0 Å². The number of benzene rings is 2. The molecule has 1 atom stereocenters. The van der Waals surface area contributed by atoms with Crippen molar-refractivity contribution in [3.8, 4) is 11.5 Å². The van der Waals surface area contributed by atoms with Gasteiger partial charge in [0, 0.05) is 26.2 Å². The smallest absolute Gasteiger partial charge is 0.308 e. The molecule has 0 radical (unpaired) electrons. The Morgan fingerprint density at radius 3 is 1.97 bits per heavy atom. The van der Waals surface area contributed by atoms with E-state index < -0.39 is 41.5 Å². The number of esters is 1. The number of hydrogen-bond donors (Lipinski definition) is 2. The highest BCUT2D eigenvalue weighted by Gasteiger charge is 2.26. The molecule has 0 spiro atoms. The lowest BCUT2D eigenvalue weighted by Gasteiger charge is -2.30. The van der Waals surface area contributed by atoms with Gasteiger partial charge < -0.3 is 14.8 Å². The zero-order valence-electron chi connectivity index (χ0n) is 20.6. The Hall–Kier alpha value is -4.38. The van der Waals surface area contributed by atoms with E-state index in [1.165, 1.54) is 62.5 Å². The van der Waals surface area contributed by atoms with Crippen molar-refractivity contribution >= 4 is 17.8 Å². The first-order valence-corrected chi connectivity index (χ1v) is 11.2. The summed E-state index contributed by atoms with van der Waals surface area (Å²) in [6.45, 7) is 2.62. The normalized spacial score (nSPS) is 11.7. The molecule has 0 unspecified atom stereocenters. The van der Waals surface area contributed by atoms with Gasteiger partial charge >= 0.3 is 5.97 Å². The van der Waals surface area contributed by atoms with Gasteiger partial charge in [0.1, 0.15) is 17.7 Å². The molecule has 0 bridgehead atoms. The second kappa shape index (κ2) is 12.0. The number of rotatable bonds is 9. The van der Waals surface area contributed by atoms with Crippen molar-refractivity contribution in [2.24, 2.45) is 0 Å². The predicted molar refractivity (Wildman–Crippen MR) is 130 cm³/mol. The summed E-state index contributed by atoms with van der Waals surface area (Å²) in [5, 5.41) is 3.99. The number of aromatic nitrogens is 1. The predicted octanol–water partition coefficient (Wildman–Crippen LogP) is 3.16. The third-order valence-electron chi connectivity index (χ3n) is 5.34. The molecule has 9 nitrogen and oxygen atoms in total. The fraction of sp³-hybridized carbons (Fsp3) is 0.231. The SMILES string of the molecule is COc1ccnc(C(=O)N[C@@H](C)C(=O)NN(C)C(c2ccc(F)cc2)c2ccc(F)cc2)c1OC(C)=O. The number of nitrogens with zero attached hydrogens (tertiary/aromatic N) is 2. The lowest BCUT2D eigenvalue weighted by atomic mass is 9.98. The molecule has 2 amide bonds. The van der Waals surface area contributed by atoms with Gasteiger partial charge in [-0.05, 0) is 42.3 Å². The lowest BCUT2D eigenvalue weighted by Crippen LogP contribution is -2.51. The quantitative estimate of drug-likeness (QED) is 0.335. The molecule has 3 aromatic rings. The van der Waals surface area contributed by atoms with Crippen molar-refractivity contribution < 1.29 is 32.6 Å². The molecule has 37 heavy (non-hydrogen) atoms. The van der Waals surface area contributed by atoms with Crippen LogP contribution in [0.5, 0.6) is 11.5 Å². The van der Waals surface area contributed by atoms with Crippen molar-refractivity contribution in [3.63, 3.8) is 0 Å². The highest BCUT2D eigenvalue weighted by Crippen LogP contribution is 2.30. The molecule has 0 saturated carbocycles. The summed E-state index contributed by atoms with van der Waals surface area (Å²) in [6, 6.07) is 11.1. The zero-order chi connectivity index (χ0) is 27.1. The maximum atomic E-state index is 13.5. The number of halogens is 2. The van der Waals surface area contributed by atoms with E-state index in [4.69, 9.17) is 9.47 Å². The van der Waals surface area contributed by atoms with Crippen LogP contribution in [0.15, 0.2) is 60.8 Å². The molecule has 2 N–H and O–H groups in total. The Labute approximate surface area is 212 Å². The number of amides is 2. The Morgan fingerprint density at radius 1 is 0.946 bits per heavy atom. The number of pyridine rings is 1. The van der Waals surface area contributed by atoms with Gasteiger partial charge in [0.2, 0.25) is 5.75 Å². The molecular formula is C26H26F2N4O5. The summed E-state index contributed by atoms with van der Waals surface area (Å²) in [5.74, 6) is -2.94. The Balaban J connectivity index is 1.78. The first kappa shape index (κ1) is 27.2. The molecule has 0 aliphatic carbocycles. The summed E-state index contributed by atoms with van der Waals surface area (Å²) in [5.41, 5.74) is 3.73. The minimum atomic E-state index is -1.05. The van der Waals surface area contributed by atoms with E-state index in [1.807, 2.05) is 0 Å². The van der Waals surface area contributed by atoms with Crippen LogP contribution < -0.4 is 20.2 Å². The van der Waals surface area contributed by atoms with Crippen molar-refractivity contribution in [2.45, 2.75) is 25.9 Å². The largest absolute Gasteiger partial charge is 0.493 e. The van der Waals surface area contributed by atoms with Crippen LogP contribution in [0.4, 0.5) is 8.78 Å². The summed E-state index contributed by atoms with van der Waals surface area (Å²) in [7, 11) is 2.93. The van der Waals surface area contributed by atoms with Crippen molar-refractivity contribution in [1.29, 1.82) is 0 Å². The van der Waals surface area contributed by atoms with Gasteiger partial charge in [0.05, 0.1) is 13.2 Å². The van der Waals surface area contributed by atoms with Crippen LogP contribution in [0.1, 0.15) is 41.5 Å². The molecule has 0 fully saturated rings. The number of carbonyl (C=O) groups is 3. The van der Waals surface area contributed by atoms with Crippen molar-refractivity contribution in [1.82, 2.24) is 20.7 Å². The Kier molecular flexibility index (Phi) is 8.86. The monoisotopic (exact) mass is 512 g/mol. The van der Waals surface area contributed by atoms with Crippen LogP contribution in [-0.4, -0.2) is 48.0 Å². The van der Waals surface area contributed by atoms with Gasteiger partial charge in [-0.15, -0.1) is 0 Å². The van der Waals surface area contributed by atoms with Gasteiger partial charge in [-0.2, -0.15) is 0 Å². The van der Waals surface area contributed by atoms with Gasteiger partial charge in [-0.3, -0.25) is 19.8 Å². The molecule has 0 aliphatic rings. The number of hydrazine groups is 1. The van der Waals surface area contributed by atoms with Gasteiger partial charge in [0.15, 0.2) is 11.4 Å². The molecule has 1 heterocycles. The van der Waals surface area contributed by atoms with Crippen LogP contribution in [0, 0.1) is 11.6 Å². The average molecular weight is 513 g/mol. The summed E-state index contributed by atoms with van der Waals surface area (Å²) in [4.78, 5) is 41.3.